The summed E-state index contributed by atoms with van der Waals surface area (Å²) < 4.78 is 16.0. The molecule has 3 N–H and O–H groups in total. The number of nitrogens with zero attached hydrogens (tertiary/aromatic N) is 4. The molecule has 7 rings (SSSR count). The smallest absolute Gasteiger partial charge is 0.223 e. The first-order valence-electron chi connectivity index (χ1n) is 15.2. The fourth-order valence-corrected chi connectivity index (χ4v) is 6.80. The minimum Gasteiger partial charge on any atom is -0.382 e. The first-order chi connectivity index (χ1) is 19.7. The van der Waals surface area contributed by atoms with E-state index in [1.165, 1.54) is 76.3 Å². The summed E-state index contributed by atoms with van der Waals surface area (Å²) in [6.07, 6.45) is 16.4. The fraction of sp³-hybridized carbons (Fsp3) is 0.469. The van der Waals surface area contributed by atoms with Crippen molar-refractivity contribution in [1.29, 1.82) is 0 Å². The molecule has 0 saturated heterocycles. The van der Waals surface area contributed by atoms with Crippen molar-refractivity contribution in [1.82, 2.24) is 19.6 Å². The summed E-state index contributed by atoms with van der Waals surface area (Å²) >= 11 is 0. The number of pyridine rings is 1. The molecule has 7 nitrogen and oxygen atoms in total. The Morgan fingerprint density at radius 3 is 2.02 bits per heavy atom. The standard InChI is InChI=1S/C32H38FN7/c33-22-15-13-21(14-16-22)31-30(27-17-18-34-32(38-27)37-25-11-5-6-12-25)28-19-26(35-23-7-1-2-8-23)20-29(40(28)39-31)36-24-9-3-4-10-24/h13-20,23-25,35-36H,1-12H2,(H,34,37,38). The van der Waals surface area contributed by atoms with Crippen molar-refractivity contribution < 1.29 is 4.39 Å². The van der Waals surface area contributed by atoms with Crippen molar-refractivity contribution >= 4 is 23.0 Å². The van der Waals surface area contributed by atoms with Crippen LogP contribution in [0.15, 0.2) is 48.7 Å². The summed E-state index contributed by atoms with van der Waals surface area (Å²) in [5.74, 6) is 1.38. The van der Waals surface area contributed by atoms with Gasteiger partial charge in [0.05, 0.1) is 16.8 Å². The SMILES string of the molecule is Fc1ccc(-c2nn3c(NC4CCCC4)cc(NC4CCCC4)cc3c2-c2ccnc(NC3CCCC3)n2)cc1. The highest BCUT2D eigenvalue weighted by atomic mass is 19.1. The van der Waals surface area contributed by atoms with Gasteiger partial charge >= 0.3 is 0 Å². The van der Waals surface area contributed by atoms with Gasteiger partial charge in [0.1, 0.15) is 17.3 Å². The van der Waals surface area contributed by atoms with Crippen molar-refractivity contribution in [3.05, 3.63) is 54.5 Å². The Balaban J connectivity index is 1.38. The zero-order chi connectivity index (χ0) is 26.9. The zero-order valence-corrected chi connectivity index (χ0v) is 23.0. The third-order valence-electron chi connectivity index (χ3n) is 8.88. The molecule has 3 saturated carbocycles. The predicted molar refractivity (Wildman–Crippen MR) is 159 cm³/mol. The second kappa shape index (κ2) is 11.1. The third kappa shape index (κ3) is 5.23. The van der Waals surface area contributed by atoms with Gasteiger partial charge < -0.3 is 16.0 Å². The van der Waals surface area contributed by atoms with Crippen LogP contribution in [0.2, 0.25) is 0 Å². The molecule has 3 aromatic heterocycles. The van der Waals surface area contributed by atoms with Crippen molar-refractivity contribution in [2.75, 3.05) is 16.0 Å². The Bertz CT molecular complexity index is 1460. The molecule has 0 radical (unpaired) electrons. The van der Waals surface area contributed by atoms with E-state index in [0.29, 0.717) is 24.1 Å². The minimum absolute atomic E-state index is 0.259. The molecular formula is C32H38FN7. The fourth-order valence-electron chi connectivity index (χ4n) is 6.80. The number of anilines is 3. The largest absolute Gasteiger partial charge is 0.382 e. The van der Waals surface area contributed by atoms with E-state index in [4.69, 9.17) is 10.1 Å². The molecule has 3 aliphatic carbocycles. The highest BCUT2D eigenvalue weighted by Crippen LogP contribution is 2.38. The molecule has 0 bridgehead atoms. The van der Waals surface area contributed by atoms with Gasteiger partial charge in [-0.05, 0) is 74.9 Å². The highest BCUT2D eigenvalue weighted by molar-refractivity contribution is 5.93. The molecule has 0 atom stereocenters. The summed E-state index contributed by atoms with van der Waals surface area (Å²) in [6.45, 7) is 0. The molecule has 1 aromatic carbocycles. The average molecular weight is 540 g/mol. The van der Waals surface area contributed by atoms with Crippen LogP contribution in [0.3, 0.4) is 0 Å². The van der Waals surface area contributed by atoms with Gasteiger partial charge in [-0.3, -0.25) is 0 Å². The van der Waals surface area contributed by atoms with E-state index < -0.39 is 0 Å². The number of aromatic nitrogens is 4. The first kappa shape index (κ1) is 25.3. The van der Waals surface area contributed by atoms with E-state index >= 15 is 0 Å². The molecule has 3 aliphatic rings. The third-order valence-corrected chi connectivity index (χ3v) is 8.88. The Hall–Kier alpha value is -3.68. The van der Waals surface area contributed by atoms with Gasteiger partial charge in [0.25, 0.3) is 0 Å². The van der Waals surface area contributed by atoms with E-state index in [1.807, 2.05) is 16.8 Å². The Kier molecular flexibility index (Phi) is 7.00. The normalized spacial score (nSPS) is 18.6. The monoisotopic (exact) mass is 539 g/mol. The molecule has 208 valence electrons. The maximum atomic E-state index is 13.9. The lowest BCUT2D eigenvalue weighted by Gasteiger charge is -2.19. The Morgan fingerprint density at radius 1 is 0.725 bits per heavy atom. The summed E-state index contributed by atoms with van der Waals surface area (Å²) in [4.78, 5) is 9.56. The molecule has 3 heterocycles. The molecule has 0 amide bonds. The van der Waals surface area contributed by atoms with Gasteiger partial charge in [-0.15, -0.1) is 0 Å². The molecule has 8 heteroatoms. The number of benzene rings is 1. The number of rotatable bonds is 8. The maximum Gasteiger partial charge on any atom is 0.223 e. The van der Waals surface area contributed by atoms with Crippen LogP contribution in [-0.2, 0) is 0 Å². The van der Waals surface area contributed by atoms with Crippen LogP contribution in [0, 0.1) is 5.82 Å². The topological polar surface area (TPSA) is 79.2 Å². The predicted octanol–water partition coefficient (Wildman–Crippen LogP) is 7.66. The number of hydrogen-bond acceptors (Lipinski definition) is 6. The van der Waals surface area contributed by atoms with Gasteiger partial charge in [-0.25, -0.2) is 18.9 Å². The highest BCUT2D eigenvalue weighted by Gasteiger charge is 2.24. The van der Waals surface area contributed by atoms with Crippen molar-refractivity contribution in [2.45, 2.75) is 95.2 Å². The van der Waals surface area contributed by atoms with E-state index in [9.17, 15) is 4.39 Å². The molecular weight excluding hydrogens is 501 g/mol. The average Bonchev–Trinajstić information content (AvgIpc) is 3.78. The quantitative estimate of drug-likeness (QED) is 0.213. The number of nitrogens with one attached hydrogen (secondary N) is 3. The summed E-state index contributed by atoms with van der Waals surface area (Å²) in [7, 11) is 0. The summed E-state index contributed by atoms with van der Waals surface area (Å²) in [6, 6.07) is 14.3. The van der Waals surface area contributed by atoms with Crippen LogP contribution in [0.1, 0.15) is 77.0 Å². The van der Waals surface area contributed by atoms with Crippen LogP contribution in [0.4, 0.5) is 21.8 Å². The molecule has 0 unspecified atom stereocenters. The molecule has 40 heavy (non-hydrogen) atoms. The van der Waals surface area contributed by atoms with Crippen molar-refractivity contribution in [3.8, 4) is 22.5 Å². The lowest BCUT2D eigenvalue weighted by molar-refractivity contribution is 0.628. The van der Waals surface area contributed by atoms with E-state index in [1.54, 1.807) is 12.1 Å². The Morgan fingerprint density at radius 2 is 1.35 bits per heavy atom. The summed E-state index contributed by atoms with van der Waals surface area (Å²) in [5.41, 5.74) is 5.49. The van der Waals surface area contributed by atoms with Crippen LogP contribution < -0.4 is 16.0 Å². The van der Waals surface area contributed by atoms with Crippen molar-refractivity contribution in [3.63, 3.8) is 0 Å². The van der Waals surface area contributed by atoms with Crippen LogP contribution >= 0.6 is 0 Å². The number of hydrogen-bond donors (Lipinski definition) is 3. The second-order valence-electron chi connectivity index (χ2n) is 11.8. The molecule has 3 fully saturated rings. The Labute approximate surface area is 235 Å². The van der Waals surface area contributed by atoms with Gasteiger partial charge in [0.15, 0.2) is 0 Å². The first-order valence-corrected chi connectivity index (χ1v) is 15.2. The van der Waals surface area contributed by atoms with Gasteiger partial charge in [-0.1, -0.05) is 38.5 Å². The van der Waals surface area contributed by atoms with Crippen LogP contribution in [0.25, 0.3) is 28.0 Å². The van der Waals surface area contributed by atoms with Crippen LogP contribution in [-0.4, -0.2) is 37.7 Å². The molecule has 4 aromatic rings. The zero-order valence-electron chi connectivity index (χ0n) is 23.0. The summed E-state index contributed by atoms with van der Waals surface area (Å²) in [5, 5.41) is 16.3. The van der Waals surface area contributed by atoms with Crippen molar-refractivity contribution in [2.24, 2.45) is 0 Å². The van der Waals surface area contributed by atoms with Gasteiger partial charge in [0, 0.05) is 41.6 Å². The lowest BCUT2D eigenvalue weighted by Crippen LogP contribution is -2.19. The lowest BCUT2D eigenvalue weighted by atomic mass is 10.0. The maximum absolute atomic E-state index is 13.9. The second-order valence-corrected chi connectivity index (χ2v) is 11.8. The van der Waals surface area contributed by atoms with E-state index in [-0.39, 0.29) is 5.82 Å². The van der Waals surface area contributed by atoms with Gasteiger partial charge in [0.2, 0.25) is 5.95 Å². The number of halogens is 1. The van der Waals surface area contributed by atoms with Gasteiger partial charge in [-0.2, -0.15) is 5.10 Å². The molecule has 0 spiro atoms. The van der Waals surface area contributed by atoms with Crippen LogP contribution in [0.5, 0.6) is 0 Å². The van der Waals surface area contributed by atoms with E-state index in [2.05, 4.69) is 33.1 Å². The van der Waals surface area contributed by atoms with E-state index in [0.717, 1.165) is 52.4 Å². The minimum atomic E-state index is -0.259. The number of fused-ring (bicyclic) bond motifs is 1. The molecule has 0 aliphatic heterocycles.